The number of rotatable bonds is 2. The molecule has 0 spiro atoms. The van der Waals surface area contributed by atoms with Crippen LogP contribution in [0.5, 0.6) is 0 Å². The smallest absolute Gasteiger partial charge is 0.350 e. The molecule has 0 bridgehead atoms. The van der Waals surface area contributed by atoms with Crippen LogP contribution in [0.2, 0.25) is 0 Å². The molecule has 1 atom stereocenters. The number of alkyl halides is 3. The van der Waals surface area contributed by atoms with E-state index in [9.17, 15) is 18.3 Å². The van der Waals surface area contributed by atoms with Crippen molar-refractivity contribution in [2.45, 2.75) is 18.4 Å². The van der Waals surface area contributed by atoms with Crippen molar-refractivity contribution in [3.05, 3.63) is 48.0 Å². The molecular weight excluding hydrogens is 325 g/mol. The Balaban J connectivity index is 1.79. The first kappa shape index (κ1) is 15.9. The van der Waals surface area contributed by atoms with Crippen LogP contribution in [0.25, 0.3) is 11.1 Å². The molecule has 0 radical (unpaired) electrons. The van der Waals surface area contributed by atoms with Crippen LogP contribution in [-0.4, -0.2) is 32.7 Å². The van der Waals surface area contributed by atoms with Gasteiger partial charge in [-0.2, -0.15) is 18.4 Å². The molecule has 6 nitrogen and oxygen atoms in total. The molecule has 1 aliphatic heterocycles. The van der Waals surface area contributed by atoms with Crippen LogP contribution in [0.3, 0.4) is 0 Å². The van der Waals surface area contributed by atoms with E-state index in [2.05, 4.69) is 20.0 Å². The Labute approximate surface area is 133 Å². The van der Waals surface area contributed by atoms with Crippen molar-refractivity contribution in [1.29, 1.82) is 5.26 Å². The van der Waals surface area contributed by atoms with Crippen LogP contribution >= 0.6 is 0 Å². The molecule has 0 saturated heterocycles. The lowest BCUT2D eigenvalue weighted by Crippen LogP contribution is -2.45. The number of hydrogen-bond donors (Lipinski definition) is 1. The van der Waals surface area contributed by atoms with Gasteiger partial charge in [0.2, 0.25) is 5.82 Å². The zero-order valence-electron chi connectivity index (χ0n) is 11.9. The number of benzene rings is 1. The first-order valence-electron chi connectivity index (χ1n) is 6.69. The van der Waals surface area contributed by atoms with Gasteiger partial charge in [-0.3, -0.25) is 0 Å². The minimum absolute atomic E-state index is 0.00236. The fraction of sp³-hybridized carbons (Fsp3) is 0.200. The molecule has 2 aromatic rings. The summed E-state index contributed by atoms with van der Waals surface area (Å²) in [6.45, 7) is 0. The lowest BCUT2D eigenvalue weighted by Gasteiger charge is -2.22. The highest BCUT2D eigenvalue weighted by Gasteiger charge is 2.60. The zero-order valence-corrected chi connectivity index (χ0v) is 11.9. The van der Waals surface area contributed by atoms with E-state index in [1.807, 2.05) is 0 Å². The fourth-order valence-electron chi connectivity index (χ4n) is 2.12. The molecule has 0 aliphatic carbocycles. The molecule has 1 aliphatic rings. The van der Waals surface area contributed by atoms with E-state index in [4.69, 9.17) is 5.26 Å². The minimum Gasteiger partial charge on any atom is -0.350 e. The monoisotopic (exact) mass is 334 g/mol. The molecule has 2 heterocycles. The molecule has 0 amide bonds. The van der Waals surface area contributed by atoms with Crippen LogP contribution in [0.4, 0.5) is 13.2 Å². The van der Waals surface area contributed by atoms with Gasteiger partial charge in [-0.25, -0.2) is 9.97 Å². The Morgan fingerprint density at radius 1 is 1.08 bits per heavy atom. The van der Waals surface area contributed by atoms with Gasteiger partial charge in [0.25, 0.3) is 0 Å². The number of nitrogens with zero attached hydrogens (tertiary/aromatic N) is 4. The molecule has 122 valence electrons. The lowest BCUT2D eigenvalue weighted by molar-refractivity contribution is -0.355. The zero-order chi connectivity index (χ0) is 17.4. The third-order valence-corrected chi connectivity index (χ3v) is 3.46. The minimum atomic E-state index is -4.93. The number of nitriles is 1. The Hall–Kier alpha value is -2.99. The van der Waals surface area contributed by atoms with Gasteiger partial charge in [0.05, 0.1) is 12.1 Å². The first-order valence-corrected chi connectivity index (χ1v) is 6.69. The van der Waals surface area contributed by atoms with Crippen molar-refractivity contribution in [2.75, 3.05) is 0 Å². The summed E-state index contributed by atoms with van der Waals surface area (Å²) in [5.74, 6) is -3.25. The normalized spacial score (nSPS) is 20.2. The Morgan fingerprint density at radius 3 is 2.17 bits per heavy atom. The van der Waals surface area contributed by atoms with Crippen molar-refractivity contribution >= 4 is 5.71 Å². The maximum atomic E-state index is 12.7. The van der Waals surface area contributed by atoms with E-state index in [0.29, 0.717) is 16.7 Å². The van der Waals surface area contributed by atoms with Crippen molar-refractivity contribution in [2.24, 2.45) is 5.16 Å². The molecule has 1 aromatic heterocycles. The summed E-state index contributed by atoms with van der Waals surface area (Å²) in [5.41, 5.74) is 1.76. The van der Waals surface area contributed by atoms with Gasteiger partial charge in [-0.1, -0.05) is 29.4 Å². The van der Waals surface area contributed by atoms with Gasteiger partial charge < -0.3 is 9.94 Å². The topological polar surface area (TPSA) is 91.4 Å². The van der Waals surface area contributed by atoms with Crippen LogP contribution < -0.4 is 0 Å². The van der Waals surface area contributed by atoms with E-state index in [0.717, 1.165) is 0 Å². The summed E-state index contributed by atoms with van der Waals surface area (Å²) >= 11 is 0. The van der Waals surface area contributed by atoms with Crippen LogP contribution in [-0.2, 0) is 4.84 Å². The third kappa shape index (κ3) is 2.79. The summed E-state index contributed by atoms with van der Waals surface area (Å²) < 4.78 is 38.1. The molecule has 3 rings (SSSR count). The highest BCUT2D eigenvalue weighted by Crippen LogP contribution is 2.39. The molecule has 24 heavy (non-hydrogen) atoms. The summed E-state index contributed by atoms with van der Waals surface area (Å²) in [4.78, 5) is 11.9. The predicted octanol–water partition coefficient (Wildman–Crippen LogP) is 2.39. The third-order valence-electron chi connectivity index (χ3n) is 3.46. The molecule has 9 heteroatoms. The van der Waals surface area contributed by atoms with E-state index in [1.165, 1.54) is 12.4 Å². The van der Waals surface area contributed by atoms with Crippen molar-refractivity contribution < 1.29 is 23.1 Å². The van der Waals surface area contributed by atoms with E-state index in [1.54, 1.807) is 30.3 Å². The number of aromatic nitrogens is 2. The summed E-state index contributed by atoms with van der Waals surface area (Å²) in [5, 5.41) is 21.4. The molecule has 1 aromatic carbocycles. The SMILES string of the molecule is N#Cc1ncc(-c2ccc(C3=NOC(O)(C(F)(F)F)C3)cc2)cn1. The van der Waals surface area contributed by atoms with Crippen LogP contribution in [0.1, 0.15) is 17.8 Å². The maximum Gasteiger partial charge on any atom is 0.458 e. The van der Waals surface area contributed by atoms with Crippen molar-refractivity contribution in [1.82, 2.24) is 9.97 Å². The fourth-order valence-corrected chi connectivity index (χ4v) is 2.12. The number of oxime groups is 1. The van der Waals surface area contributed by atoms with Gasteiger partial charge in [0.1, 0.15) is 6.07 Å². The first-order chi connectivity index (χ1) is 11.3. The predicted molar refractivity (Wildman–Crippen MR) is 75.4 cm³/mol. The second-order valence-corrected chi connectivity index (χ2v) is 5.07. The molecule has 0 saturated carbocycles. The summed E-state index contributed by atoms with van der Waals surface area (Å²) in [6, 6.07) is 8.20. The largest absolute Gasteiger partial charge is 0.458 e. The van der Waals surface area contributed by atoms with Crippen molar-refractivity contribution in [3.63, 3.8) is 0 Å². The Kier molecular flexibility index (Phi) is 3.69. The summed E-state index contributed by atoms with van der Waals surface area (Å²) in [6.07, 6.45) is -2.77. The average molecular weight is 334 g/mol. The number of hydrogen-bond acceptors (Lipinski definition) is 6. The van der Waals surface area contributed by atoms with E-state index >= 15 is 0 Å². The van der Waals surface area contributed by atoms with E-state index < -0.39 is 18.4 Å². The molecule has 1 unspecified atom stereocenters. The number of aliphatic hydroxyl groups is 1. The molecule has 1 N–H and O–H groups in total. The lowest BCUT2D eigenvalue weighted by atomic mass is 10.00. The summed E-state index contributed by atoms with van der Waals surface area (Å²) in [7, 11) is 0. The highest BCUT2D eigenvalue weighted by atomic mass is 19.4. The molecule has 0 fully saturated rings. The Bertz CT molecular complexity index is 826. The number of halogens is 3. The average Bonchev–Trinajstić information content (AvgIpc) is 2.99. The van der Waals surface area contributed by atoms with Gasteiger partial charge in [0.15, 0.2) is 0 Å². The highest BCUT2D eigenvalue weighted by molar-refractivity contribution is 6.01. The van der Waals surface area contributed by atoms with Crippen molar-refractivity contribution in [3.8, 4) is 17.2 Å². The maximum absolute atomic E-state index is 12.7. The van der Waals surface area contributed by atoms with Crippen LogP contribution in [0.15, 0.2) is 41.8 Å². The van der Waals surface area contributed by atoms with Gasteiger partial charge in [-0.15, -0.1) is 0 Å². The molecular formula is C15H9F3N4O2. The van der Waals surface area contributed by atoms with Gasteiger partial charge >= 0.3 is 12.0 Å². The quantitative estimate of drug-likeness (QED) is 0.910. The van der Waals surface area contributed by atoms with Gasteiger partial charge in [-0.05, 0) is 11.1 Å². The second-order valence-electron chi connectivity index (χ2n) is 5.07. The standard InChI is InChI=1S/C15H9F3N4O2/c16-15(17,18)14(23)5-12(22-24-14)10-3-1-9(2-4-10)11-7-20-13(6-19)21-8-11/h1-4,7-8,23H,5H2. The van der Waals surface area contributed by atoms with E-state index in [-0.39, 0.29) is 11.5 Å². The Morgan fingerprint density at radius 2 is 1.67 bits per heavy atom. The van der Waals surface area contributed by atoms with Crippen LogP contribution in [0, 0.1) is 11.3 Å². The van der Waals surface area contributed by atoms with Gasteiger partial charge in [0, 0.05) is 18.0 Å². The second kappa shape index (κ2) is 5.58.